The first kappa shape index (κ1) is 32.2. The van der Waals surface area contributed by atoms with Crippen LogP contribution in [-0.4, -0.2) is 106 Å². The molecule has 0 bridgehead atoms. The van der Waals surface area contributed by atoms with E-state index < -0.39 is 33.4 Å². The number of imide groups is 1. The van der Waals surface area contributed by atoms with Crippen LogP contribution in [0.5, 0.6) is 11.5 Å². The van der Waals surface area contributed by atoms with Gasteiger partial charge in [0.2, 0.25) is 0 Å². The van der Waals surface area contributed by atoms with Crippen LogP contribution in [0, 0.1) is 5.92 Å². The summed E-state index contributed by atoms with van der Waals surface area (Å²) in [5, 5.41) is 3.57. The van der Waals surface area contributed by atoms with Crippen molar-refractivity contribution >= 4 is 27.3 Å². The van der Waals surface area contributed by atoms with E-state index in [0.29, 0.717) is 34.9 Å². The molecule has 11 heteroatoms. The zero-order valence-corrected chi connectivity index (χ0v) is 27.2. The zero-order chi connectivity index (χ0) is 31.4. The highest BCUT2D eigenvalue weighted by atomic mass is 32.2. The summed E-state index contributed by atoms with van der Waals surface area (Å²) < 4.78 is 36.3. The molecule has 2 fully saturated rings. The van der Waals surface area contributed by atoms with Crippen molar-refractivity contribution < 1.29 is 27.5 Å². The number of nitrogens with one attached hydrogen (secondary N) is 1. The molecule has 240 valence electrons. The molecule has 10 nitrogen and oxygen atoms in total. The van der Waals surface area contributed by atoms with Crippen LogP contribution in [0.3, 0.4) is 0 Å². The van der Waals surface area contributed by atoms with E-state index in [0.717, 1.165) is 56.1 Å². The Labute approximate surface area is 261 Å². The Morgan fingerprint density at radius 1 is 0.932 bits per heavy atom. The first-order chi connectivity index (χ1) is 21.1. The van der Waals surface area contributed by atoms with E-state index in [1.807, 2.05) is 13.0 Å². The Bertz CT molecular complexity index is 1450. The van der Waals surface area contributed by atoms with Gasteiger partial charge in [-0.2, -0.15) is 0 Å². The van der Waals surface area contributed by atoms with Crippen LogP contribution in [0.1, 0.15) is 71.9 Å². The van der Waals surface area contributed by atoms with Crippen LogP contribution in [0.25, 0.3) is 0 Å². The third kappa shape index (κ3) is 7.21. The molecule has 0 spiro atoms. The molecule has 3 aliphatic rings. The molecule has 44 heavy (non-hydrogen) atoms. The first-order valence-corrected chi connectivity index (χ1v) is 17.9. The molecule has 2 aromatic carbocycles. The lowest BCUT2D eigenvalue weighted by Gasteiger charge is -2.38. The number of methoxy groups -OCH3 is 1. The van der Waals surface area contributed by atoms with Crippen molar-refractivity contribution in [1.82, 2.24) is 14.7 Å². The Hall–Kier alpha value is -3.15. The summed E-state index contributed by atoms with van der Waals surface area (Å²) in [6.07, 6.45) is 5.54. The van der Waals surface area contributed by atoms with Gasteiger partial charge in [0.25, 0.3) is 11.8 Å². The van der Waals surface area contributed by atoms with Crippen molar-refractivity contribution in [2.75, 3.05) is 70.3 Å². The normalized spacial score (nSPS) is 19.7. The lowest BCUT2D eigenvalue weighted by molar-refractivity contribution is 0.0597. The molecule has 1 N–H and O–H groups in total. The molecule has 0 aromatic heterocycles. The van der Waals surface area contributed by atoms with E-state index in [1.54, 1.807) is 30.3 Å². The third-order valence-electron chi connectivity index (χ3n) is 9.21. The predicted octanol–water partition coefficient (Wildman–Crippen LogP) is 4.08. The van der Waals surface area contributed by atoms with E-state index in [-0.39, 0.29) is 11.6 Å². The number of carbonyl (C=O) groups is 2. The molecule has 0 unspecified atom stereocenters. The van der Waals surface area contributed by atoms with Gasteiger partial charge in [0.05, 0.1) is 36.6 Å². The van der Waals surface area contributed by atoms with Gasteiger partial charge in [-0.15, -0.1) is 0 Å². The minimum Gasteiger partial charge on any atom is -0.493 e. The van der Waals surface area contributed by atoms with Crippen LogP contribution < -0.4 is 14.8 Å². The molecule has 0 radical (unpaired) electrons. The zero-order valence-electron chi connectivity index (χ0n) is 26.4. The fraction of sp³-hybridized carbons (Fsp3) is 0.576. The molecular formula is C33H46N4O6S. The lowest BCUT2D eigenvalue weighted by atomic mass is 9.94. The Morgan fingerprint density at radius 2 is 1.64 bits per heavy atom. The smallest absolute Gasteiger partial charge is 0.264 e. The minimum absolute atomic E-state index is 0.179. The van der Waals surface area contributed by atoms with Gasteiger partial charge in [-0.05, 0) is 88.0 Å². The number of amides is 2. The van der Waals surface area contributed by atoms with Crippen LogP contribution in [-0.2, 0) is 9.84 Å². The molecule has 0 saturated carbocycles. The highest BCUT2D eigenvalue weighted by Gasteiger charge is 2.43. The van der Waals surface area contributed by atoms with Gasteiger partial charge >= 0.3 is 0 Å². The van der Waals surface area contributed by atoms with Crippen LogP contribution >= 0.6 is 0 Å². The largest absolute Gasteiger partial charge is 0.493 e. The SMILES string of the molecule is CCOc1cc([C@@H](CS(C)(=O)=O)N2C(=O)c3cccc(NC4CCN(CC5CCN(CC)CC5)CC4)c3C2=O)ccc1OC. The molecule has 0 aliphatic carbocycles. The summed E-state index contributed by atoms with van der Waals surface area (Å²) in [5.74, 6) is 0.254. The maximum absolute atomic E-state index is 14.0. The maximum atomic E-state index is 14.0. The number of hydrogen-bond acceptors (Lipinski definition) is 9. The van der Waals surface area contributed by atoms with Crippen LogP contribution in [0.4, 0.5) is 5.69 Å². The summed E-state index contributed by atoms with van der Waals surface area (Å²) in [5.41, 5.74) is 1.69. The van der Waals surface area contributed by atoms with Crippen molar-refractivity contribution in [2.45, 2.75) is 51.6 Å². The van der Waals surface area contributed by atoms with E-state index >= 15 is 0 Å². The van der Waals surface area contributed by atoms with Gasteiger partial charge < -0.3 is 24.6 Å². The summed E-state index contributed by atoms with van der Waals surface area (Å²) in [7, 11) is -2.06. The number of hydrogen-bond donors (Lipinski definition) is 1. The van der Waals surface area contributed by atoms with Crippen molar-refractivity contribution in [3.63, 3.8) is 0 Å². The van der Waals surface area contributed by atoms with E-state index in [4.69, 9.17) is 9.47 Å². The molecule has 2 saturated heterocycles. The van der Waals surface area contributed by atoms with E-state index in [2.05, 4.69) is 22.0 Å². The molecule has 1 atom stereocenters. The number of piperidine rings is 2. The molecule has 3 heterocycles. The van der Waals surface area contributed by atoms with Crippen molar-refractivity contribution in [1.29, 1.82) is 0 Å². The fourth-order valence-corrected chi connectivity index (χ4v) is 7.73. The number of benzene rings is 2. The molecule has 3 aliphatic heterocycles. The summed E-state index contributed by atoms with van der Waals surface area (Å²) in [6.45, 7) is 11.1. The standard InChI is InChI=1S/C33H46N4O6S/c1-5-35-16-12-23(13-17-35)21-36-18-14-25(15-19-36)34-27-9-7-8-26-31(27)33(39)37(32(26)38)28(22-44(4,40)41)24-10-11-29(42-3)30(20-24)43-6-2/h7-11,20,23,25,28,34H,5-6,12-19,21-22H2,1-4H3/t28-/m1/s1. The number of likely N-dealkylation sites (tertiary alicyclic amines) is 2. The number of fused-ring (bicyclic) bond motifs is 1. The Morgan fingerprint density at radius 3 is 2.27 bits per heavy atom. The average Bonchev–Trinajstić information content (AvgIpc) is 3.27. The van der Waals surface area contributed by atoms with Crippen LogP contribution in [0.2, 0.25) is 0 Å². The summed E-state index contributed by atoms with van der Waals surface area (Å²) >= 11 is 0. The van der Waals surface area contributed by atoms with Gasteiger partial charge in [-0.25, -0.2) is 8.42 Å². The number of ether oxygens (including phenoxy) is 2. The highest BCUT2D eigenvalue weighted by Crippen LogP contribution is 2.39. The summed E-state index contributed by atoms with van der Waals surface area (Å²) in [4.78, 5) is 34.0. The number of sulfone groups is 1. The van der Waals surface area contributed by atoms with Gasteiger partial charge in [0.1, 0.15) is 9.84 Å². The van der Waals surface area contributed by atoms with Crippen molar-refractivity contribution in [2.24, 2.45) is 5.92 Å². The van der Waals surface area contributed by atoms with Gasteiger partial charge in [0, 0.05) is 37.6 Å². The molecule has 5 rings (SSSR count). The second-order valence-corrected chi connectivity index (χ2v) is 14.4. The van der Waals surface area contributed by atoms with Gasteiger partial charge in [-0.1, -0.05) is 19.1 Å². The fourth-order valence-electron chi connectivity index (χ4n) is 6.81. The Kier molecular flexibility index (Phi) is 10.2. The molecule has 2 amide bonds. The second kappa shape index (κ2) is 13.9. The number of rotatable bonds is 12. The monoisotopic (exact) mass is 626 g/mol. The predicted molar refractivity (Wildman–Crippen MR) is 171 cm³/mol. The number of carbonyl (C=O) groups excluding carboxylic acids is 2. The van der Waals surface area contributed by atoms with E-state index in [1.165, 1.54) is 33.0 Å². The molecular weight excluding hydrogens is 580 g/mol. The quantitative estimate of drug-likeness (QED) is 0.349. The topological polar surface area (TPSA) is 108 Å². The minimum atomic E-state index is -3.58. The summed E-state index contributed by atoms with van der Waals surface area (Å²) in [6, 6.07) is 9.42. The highest BCUT2D eigenvalue weighted by molar-refractivity contribution is 7.90. The Balaban J connectivity index is 1.32. The van der Waals surface area contributed by atoms with Crippen LogP contribution in [0.15, 0.2) is 36.4 Å². The maximum Gasteiger partial charge on any atom is 0.264 e. The lowest BCUT2D eigenvalue weighted by Crippen LogP contribution is -2.43. The third-order valence-corrected chi connectivity index (χ3v) is 10.1. The first-order valence-electron chi connectivity index (χ1n) is 15.8. The van der Waals surface area contributed by atoms with Crippen molar-refractivity contribution in [3.8, 4) is 11.5 Å². The number of anilines is 1. The van der Waals surface area contributed by atoms with Gasteiger partial charge in [0.15, 0.2) is 11.5 Å². The number of nitrogens with zero attached hydrogens (tertiary/aromatic N) is 3. The average molecular weight is 627 g/mol. The molecule has 2 aromatic rings. The van der Waals surface area contributed by atoms with E-state index in [9.17, 15) is 18.0 Å². The van der Waals surface area contributed by atoms with Gasteiger partial charge in [-0.3, -0.25) is 14.5 Å². The second-order valence-electron chi connectivity index (χ2n) is 12.3. The van der Waals surface area contributed by atoms with Crippen molar-refractivity contribution in [3.05, 3.63) is 53.1 Å².